The normalized spacial score (nSPS) is 16.8. The third-order valence-electron chi connectivity index (χ3n) is 4.66. The molecule has 2 heterocycles. The Kier molecular flexibility index (Phi) is 4.74. The Morgan fingerprint density at radius 3 is 2.92 bits per heavy atom. The molecule has 136 valence electrons. The second-order valence-electron chi connectivity index (χ2n) is 7.03. The van der Waals surface area contributed by atoms with Gasteiger partial charge in [0.25, 0.3) is 0 Å². The molecule has 0 bridgehead atoms. The van der Waals surface area contributed by atoms with Crippen LogP contribution in [0.2, 0.25) is 0 Å². The number of aryl methyl sites for hydroxylation is 1. The Balaban J connectivity index is 1.33. The second kappa shape index (κ2) is 7.17. The summed E-state index contributed by atoms with van der Waals surface area (Å²) in [5.41, 5.74) is 3.00. The standard InChI is InChI=1S/C19H22N4O2S/c1-12-3-2-4-14(9-12)20-17(24)11-23-8-7-15-16(10-23)26-19(21-15)22-18(25)13-5-6-13/h2-4,9,13H,5-8,10-11H2,1H3,(H,20,24)(H,21,22,25). The Labute approximate surface area is 156 Å². The van der Waals surface area contributed by atoms with E-state index >= 15 is 0 Å². The molecule has 0 saturated heterocycles. The van der Waals surface area contributed by atoms with Gasteiger partial charge < -0.3 is 10.6 Å². The molecular weight excluding hydrogens is 348 g/mol. The molecule has 1 saturated carbocycles. The van der Waals surface area contributed by atoms with Crippen molar-refractivity contribution in [2.24, 2.45) is 5.92 Å². The maximum Gasteiger partial charge on any atom is 0.238 e. The molecular formula is C19H22N4O2S. The molecule has 0 spiro atoms. The molecule has 2 N–H and O–H groups in total. The number of carbonyl (C=O) groups is 2. The highest BCUT2D eigenvalue weighted by Crippen LogP contribution is 2.32. The topological polar surface area (TPSA) is 74.3 Å². The van der Waals surface area contributed by atoms with E-state index in [1.54, 1.807) is 0 Å². The van der Waals surface area contributed by atoms with Gasteiger partial charge in [0, 0.05) is 36.0 Å². The lowest BCUT2D eigenvalue weighted by molar-refractivity contribution is -0.118. The fourth-order valence-corrected chi connectivity index (χ4v) is 4.17. The summed E-state index contributed by atoms with van der Waals surface area (Å²) in [5, 5.41) is 6.57. The summed E-state index contributed by atoms with van der Waals surface area (Å²) >= 11 is 1.53. The summed E-state index contributed by atoms with van der Waals surface area (Å²) < 4.78 is 0. The average molecular weight is 370 g/mol. The molecule has 2 amide bonds. The minimum atomic E-state index is -0.00850. The number of nitrogens with one attached hydrogen (secondary N) is 2. The highest BCUT2D eigenvalue weighted by Gasteiger charge is 2.31. The minimum Gasteiger partial charge on any atom is -0.325 e. The maximum atomic E-state index is 12.3. The van der Waals surface area contributed by atoms with Crippen molar-refractivity contribution >= 4 is 34.0 Å². The van der Waals surface area contributed by atoms with Crippen LogP contribution in [0.1, 0.15) is 29.0 Å². The van der Waals surface area contributed by atoms with Gasteiger partial charge in [0.15, 0.2) is 5.13 Å². The third-order valence-corrected chi connectivity index (χ3v) is 5.66. The lowest BCUT2D eigenvalue weighted by Crippen LogP contribution is -2.36. The summed E-state index contributed by atoms with van der Waals surface area (Å²) in [6, 6.07) is 7.81. The number of anilines is 2. The van der Waals surface area contributed by atoms with Gasteiger partial charge in [-0.15, -0.1) is 11.3 Å². The Bertz CT molecular complexity index is 844. The first-order chi connectivity index (χ1) is 12.6. The molecule has 0 radical (unpaired) electrons. The van der Waals surface area contributed by atoms with E-state index in [2.05, 4.69) is 20.5 Å². The van der Waals surface area contributed by atoms with Crippen LogP contribution in [0.4, 0.5) is 10.8 Å². The van der Waals surface area contributed by atoms with Crippen molar-refractivity contribution in [2.75, 3.05) is 23.7 Å². The fourth-order valence-electron chi connectivity index (χ4n) is 3.12. The van der Waals surface area contributed by atoms with Crippen LogP contribution >= 0.6 is 11.3 Å². The minimum absolute atomic E-state index is 0.00850. The van der Waals surface area contributed by atoms with Crippen molar-refractivity contribution in [1.82, 2.24) is 9.88 Å². The van der Waals surface area contributed by atoms with Crippen molar-refractivity contribution in [3.63, 3.8) is 0 Å². The average Bonchev–Trinajstić information content (AvgIpc) is 3.36. The van der Waals surface area contributed by atoms with Gasteiger partial charge in [0.2, 0.25) is 11.8 Å². The van der Waals surface area contributed by atoms with E-state index in [9.17, 15) is 9.59 Å². The van der Waals surface area contributed by atoms with Crippen LogP contribution in [0.15, 0.2) is 24.3 Å². The summed E-state index contributed by atoms with van der Waals surface area (Å²) in [6.07, 6.45) is 2.78. The molecule has 1 aromatic carbocycles. The predicted molar refractivity (Wildman–Crippen MR) is 102 cm³/mol. The van der Waals surface area contributed by atoms with Gasteiger partial charge in [-0.05, 0) is 37.5 Å². The first kappa shape index (κ1) is 17.2. The molecule has 4 rings (SSSR count). The Morgan fingerprint density at radius 2 is 2.15 bits per heavy atom. The van der Waals surface area contributed by atoms with Crippen LogP contribution in [0, 0.1) is 12.8 Å². The number of rotatable bonds is 5. The number of fused-ring (bicyclic) bond motifs is 1. The van der Waals surface area contributed by atoms with E-state index in [-0.39, 0.29) is 17.7 Å². The molecule has 0 unspecified atom stereocenters. The number of thiazole rings is 1. The molecule has 0 atom stereocenters. The van der Waals surface area contributed by atoms with Crippen molar-refractivity contribution in [1.29, 1.82) is 0 Å². The number of nitrogens with zero attached hydrogens (tertiary/aromatic N) is 2. The van der Waals surface area contributed by atoms with Crippen LogP contribution in [-0.4, -0.2) is 34.8 Å². The number of hydrogen-bond acceptors (Lipinski definition) is 5. The van der Waals surface area contributed by atoms with Crippen LogP contribution in [0.25, 0.3) is 0 Å². The summed E-state index contributed by atoms with van der Waals surface area (Å²) in [5.74, 6) is 0.258. The van der Waals surface area contributed by atoms with E-state index < -0.39 is 0 Å². The highest BCUT2D eigenvalue weighted by atomic mass is 32.1. The lowest BCUT2D eigenvalue weighted by Gasteiger charge is -2.25. The van der Waals surface area contributed by atoms with Gasteiger partial charge in [0.05, 0.1) is 12.2 Å². The van der Waals surface area contributed by atoms with Crippen LogP contribution < -0.4 is 10.6 Å². The molecule has 7 heteroatoms. The highest BCUT2D eigenvalue weighted by molar-refractivity contribution is 7.15. The lowest BCUT2D eigenvalue weighted by atomic mass is 10.2. The van der Waals surface area contributed by atoms with Gasteiger partial charge >= 0.3 is 0 Å². The van der Waals surface area contributed by atoms with Crippen LogP contribution in [0.5, 0.6) is 0 Å². The van der Waals surface area contributed by atoms with Crippen molar-refractivity contribution < 1.29 is 9.59 Å². The van der Waals surface area contributed by atoms with Crippen molar-refractivity contribution in [3.05, 3.63) is 40.4 Å². The molecule has 1 aromatic heterocycles. The largest absolute Gasteiger partial charge is 0.325 e. The van der Waals surface area contributed by atoms with E-state index in [1.807, 2.05) is 31.2 Å². The summed E-state index contributed by atoms with van der Waals surface area (Å²) in [6.45, 7) is 3.86. The van der Waals surface area contributed by atoms with Gasteiger partial charge in [-0.3, -0.25) is 14.5 Å². The number of aromatic nitrogens is 1. The van der Waals surface area contributed by atoms with Gasteiger partial charge in [-0.1, -0.05) is 12.1 Å². The van der Waals surface area contributed by atoms with E-state index in [0.717, 1.165) is 47.6 Å². The maximum absolute atomic E-state index is 12.3. The Hall–Kier alpha value is -2.25. The van der Waals surface area contributed by atoms with Gasteiger partial charge in [-0.2, -0.15) is 0 Å². The van der Waals surface area contributed by atoms with Gasteiger partial charge in [0.1, 0.15) is 0 Å². The zero-order valence-corrected chi connectivity index (χ0v) is 15.6. The predicted octanol–water partition coefficient (Wildman–Crippen LogP) is 2.80. The van der Waals surface area contributed by atoms with Crippen molar-refractivity contribution in [3.8, 4) is 0 Å². The molecule has 1 fully saturated rings. The molecule has 6 nitrogen and oxygen atoms in total. The number of benzene rings is 1. The van der Waals surface area contributed by atoms with E-state index in [0.29, 0.717) is 18.2 Å². The quantitative estimate of drug-likeness (QED) is 0.849. The molecule has 2 aliphatic rings. The number of hydrogen-bond donors (Lipinski definition) is 2. The number of carbonyl (C=O) groups excluding carboxylic acids is 2. The SMILES string of the molecule is Cc1cccc(NC(=O)CN2CCc3nc(NC(=O)C4CC4)sc3C2)c1. The molecule has 1 aliphatic heterocycles. The monoisotopic (exact) mass is 370 g/mol. The zero-order chi connectivity index (χ0) is 18.1. The number of amides is 2. The molecule has 2 aromatic rings. The van der Waals surface area contributed by atoms with Crippen LogP contribution in [0.3, 0.4) is 0 Å². The van der Waals surface area contributed by atoms with Crippen LogP contribution in [-0.2, 0) is 22.6 Å². The summed E-state index contributed by atoms with van der Waals surface area (Å²) in [4.78, 5) is 32.0. The van der Waals surface area contributed by atoms with Crippen molar-refractivity contribution in [2.45, 2.75) is 32.7 Å². The third kappa shape index (κ3) is 4.11. The smallest absolute Gasteiger partial charge is 0.238 e. The van der Waals surface area contributed by atoms with E-state index in [4.69, 9.17) is 0 Å². The Morgan fingerprint density at radius 1 is 1.31 bits per heavy atom. The first-order valence-electron chi connectivity index (χ1n) is 8.95. The molecule has 1 aliphatic carbocycles. The van der Waals surface area contributed by atoms with Gasteiger partial charge in [-0.25, -0.2) is 4.98 Å². The molecule has 26 heavy (non-hydrogen) atoms. The second-order valence-corrected chi connectivity index (χ2v) is 8.11. The first-order valence-corrected chi connectivity index (χ1v) is 9.77. The fraction of sp³-hybridized carbons (Fsp3) is 0.421. The van der Waals surface area contributed by atoms with E-state index in [1.165, 1.54) is 11.3 Å². The summed E-state index contributed by atoms with van der Waals surface area (Å²) in [7, 11) is 0. The zero-order valence-electron chi connectivity index (χ0n) is 14.7.